The average Bonchev–Trinajstić information content (AvgIpc) is 2.49. The van der Waals surface area contributed by atoms with Gasteiger partial charge in [0, 0.05) is 12.3 Å². The number of ether oxygens (including phenoxy) is 1. The minimum absolute atomic E-state index is 0.0471. The van der Waals surface area contributed by atoms with E-state index in [1.807, 2.05) is 0 Å². The fraction of sp³-hybridized carbons (Fsp3) is 0.0714. The number of nitrogens with zero attached hydrogens (tertiary/aromatic N) is 1. The SMILES string of the molecule is O=C(COc1ccc(Cl)c(F)c1)Nc1cnccc1C(=O)O. The summed E-state index contributed by atoms with van der Waals surface area (Å²) in [6.07, 6.45) is 2.51. The highest BCUT2D eigenvalue weighted by atomic mass is 35.5. The normalized spacial score (nSPS) is 10.1. The van der Waals surface area contributed by atoms with Gasteiger partial charge in [0.2, 0.25) is 0 Å². The van der Waals surface area contributed by atoms with Crippen molar-refractivity contribution in [2.75, 3.05) is 11.9 Å². The summed E-state index contributed by atoms with van der Waals surface area (Å²) in [5.74, 6) is -2.34. The van der Waals surface area contributed by atoms with E-state index in [-0.39, 0.29) is 22.0 Å². The van der Waals surface area contributed by atoms with Gasteiger partial charge in [-0.05, 0) is 18.2 Å². The molecule has 0 saturated heterocycles. The molecule has 0 saturated carbocycles. The predicted octanol–water partition coefficient (Wildman–Crippen LogP) is 2.59. The molecule has 0 aliphatic carbocycles. The van der Waals surface area contributed by atoms with Crippen LogP contribution in [0.2, 0.25) is 5.02 Å². The van der Waals surface area contributed by atoms with Crippen LogP contribution in [-0.2, 0) is 4.79 Å². The zero-order chi connectivity index (χ0) is 16.1. The molecule has 0 aliphatic rings. The Morgan fingerprint density at radius 1 is 1.36 bits per heavy atom. The molecule has 2 N–H and O–H groups in total. The molecule has 0 aliphatic heterocycles. The van der Waals surface area contributed by atoms with Gasteiger partial charge in [-0.3, -0.25) is 9.78 Å². The van der Waals surface area contributed by atoms with Crippen molar-refractivity contribution in [2.45, 2.75) is 0 Å². The van der Waals surface area contributed by atoms with E-state index < -0.39 is 24.3 Å². The lowest BCUT2D eigenvalue weighted by Gasteiger charge is -2.09. The molecule has 0 unspecified atom stereocenters. The van der Waals surface area contributed by atoms with Gasteiger partial charge in [-0.25, -0.2) is 9.18 Å². The number of carboxylic acid groups (broad SMARTS) is 1. The molecule has 8 heteroatoms. The van der Waals surface area contributed by atoms with E-state index >= 15 is 0 Å². The maximum atomic E-state index is 13.2. The summed E-state index contributed by atoms with van der Waals surface area (Å²) < 4.78 is 18.3. The first-order valence-corrected chi connectivity index (χ1v) is 6.40. The number of carbonyl (C=O) groups excluding carboxylic acids is 1. The van der Waals surface area contributed by atoms with Crippen LogP contribution in [0.4, 0.5) is 10.1 Å². The minimum Gasteiger partial charge on any atom is -0.484 e. The van der Waals surface area contributed by atoms with Gasteiger partial charge in [-0.15, -0.1) is 0 Å². The number of pyridine rings is 1. The van der Waals surface area contributed by atoms with Gasteiger partial charge in [0.1, 0.15) is 11.6 Å². The van der Waals surface area contributed by atoms with E-state index in [1.54, 1.807) is 0 Å². The number of amides is 1. The molecule has 1 aromatic heterocycles. The largest absolute Gasteiger partial charge is 0.484 e. The molecule has 1 amide bonds. The maximum Gasteiger partial charge on any atom is 0.337 e. The van der Waals surface area contributed by atoms with Crippen LogP contribution in [-0.4, -0.2) is 28.6 Å². The van der Waals surface area contributed by atoms with Crippen LogP contribution in [0.25, 0.3) is 0 Å². The lowest BCUT2D eigenvalue weighted by atomic mass is 10.2. The summed E-state index contributed by atoms with van der Waals surface area (Å²) >= 11 is 5.53. The Labute approximate surface area is 129 Å². The quantitative estimate of drug-likeness (QED) is 0.882. The van der Waals surface area contributed by atoms with Crippen molar-refractivity contribution in [3.8, 4) is 5.75 Å². The summed E-state index contributed by atoms with van der Waals surface area (Å²) in [5.41, 5.74) is -0.0493. The number of carboxylic acids is 1. The van der Waals surface area contributed by atoms with Gasteiger partial charge in [-0.2, -0.15) is 0 Å². The Bertz CT molecular complexity index is 724. The van der Waals surface area contributed by atoms with Crippen LogP contribution in [0.3, 0.4) is 0 Å². The monoisotopic (exact) mass is 324 g/mol. The van der Waals surface area contributed by atoms with Crippen LogP contribution in [0.5, 0.6) is 5.75 Å². The van der Waals surface area contributed by atoms with E-state index in [0.29, 0.717) is 0 Å². The summed E-state index contributed by atoms with van der Waals surface area (Å²) in [5, 5.41) is 11.3. The highest BCUT2D eigenvalue weighted by Gasteiger charge is 2.13. The number of benzene rings is 1. The molecule has 6 nitrogen and oxygen atoms in total. The molecule has 2 aromatic rings. The molecular formula is C14H10ClFN2O4. The fourth-order valence-electron chi connectivity index (χ4n) is 1.58. The Hall–Kier alpha value is -2.67. The molecule has 0 fully saturated rings. The topological polar surface area (TPSA) is 88.5 Å². The second-order valence-corrected chi connectivity index (χ2v) is 4.55. The summed E-state index contributed by atoms with van der Waals surface area (Å²) in [6.45, 7) is -0.422. The van der Waals surface area contributed by atoms with E-state index in [0.717, 1.165) is 6.07 Å². The molecular weight excluding hydrogens is 315 g/mol. The van der Waals surface area contributed by atoms with Gasteiger partial charge in [0.05, 0.1) is 22.5 Å². The average molecular weight is 325 g/mol. The number of aromatic carboxylic acids is 1. The Balaban J connectivity index is 1.99. The van der Waals surface area contributed by atoms with E-state index in [9.17, 15) is 14.0 Å². The number of hydrogen-bond donors (Lipinski definition) is 2. The summed E-state index contributed by atoms with van der Waals surface area (Å²) in [7, 11) is 0. The molecule has 0 radical (unpaired) electrons. The lowest BCUT2D eigenvalue weighted by molar-refractivity contribution is -0.118. The van der Waals surface area contributed by atoms with E-state index in [4.69, 9.17) is 21.4 Å². The van der Waals surface area contributed by atoms with Gasteiger partial charge in [0.25, 0.3) is 5.91 Å². The van der Waals surface area contributed by atoms with Crippen molar-refractivity contribution >= 4 is 29.2 Å². The Morgan fingerprint density at radius 2 is 2.14 bits per heavy atom. The zero-order valence-electron chi connectivity index (χ0n) is 11.0. The van der Waals surface area contributed by atoms with E-state index in [2.05, 4.69) is 10.3 Å². The van der Waals surface area contributed by atoms with Crippen LogP contribution < -0.4 is 10.1 Å². The number of anilines is 1. The third kappa shape index (κ3) is 3.92. The third-order valence-corrected chi connectivity index (χ3v) is 2.89. The van der Waals surface area contributed by atoms with Gasteiger partial charge >= 0.3 is 5.97 Å². The summed E-state index contributed by atoms with van der Waals surface area (Å²) in [6, 6.07) is 5.01. The smallest absolute Gasteiger partial charge is 0.337 e. The van der Waals surface area contributed by atoms with Crippen molar-refractivity contribution < 1.29 is 23.8 Å². The molecule has 1 heterocycles. The first-order valence-electron chi connectivity index (χ1n) is 6.02. The number of rotatable bonds is 5. The highest BCUT2D eigenvalue weighted by molar-refractivity contribution is 6.30. The Morgan fingerprint density at radius 3 is 2.82 bits per heavy atom. The lowest BCUT2D eigenvalue weighted by Crippen LogP contribution is -2.21. The zero-order valence-corrected chi connectivity index (χ0v) is 11.8. The second-order valence-electron chi connectivity index (χ2n) is 4.14. The van der Waals surface area contributed by atoms with Crippen molar-refractivity contribution in [1.82, 2.24) is 4.98 Å². The van der Waals surface area contributed by atoms with Crippen molar-refractivity contribution in [3.05, 3.63) is 53.1 Å². The number of aromatic nitrogens is 1. The molecule has 114 valence electrons. The standard InChI is InChI=1S/C14H10ClFN2O4/c15-10-2-1-8(5-11(10)16)22-7-13(19)18-12-6-17-4-3-9(12)14(20)21/h1-6H,7H2,(H,18,19)(H,20,21). The van der Waals surface area contributed by atoms with Crippen LogP contribution in [0, 0.1) is 5.82 Å². The molecule has 0 bridgehead atoms. The molecule has 0 atom stereocenters. The van der Waals surface area contributed by atoms with E-state index in [1.165, 1.54) is 30.6 Å². The number of carbonyl (C=O) groups is 2. The number of halogens is 2. The molecule has 2 rings (SSSR count). The van der Waals surface area contributed by atoms with Gasteiger partial charge < -0.3 is 15.2 Å². The first-order chi connectivity index (χ1) is 10.5. The van der Waals surface area contributed by atoms with Gasteiger partial charge in [0.15, 0.2) is 6.61 Å². The maximum absolute atomic E-state index is 13.2. The Kier molecular flexibility index (Phi) is 4.90. The van der Waals surface area contributed by atoms with Gasteiger partial charge in [-0.1, -0.05) is 11.6 Å². The van der Waals surface area contributed by atoms with Crippen LogP contribution in [0.15, 0.2) is 36.7 Å². The first kappa shape index (κ1) is 15.7. The fourth-order valence-corrected chi connectivity index (χ4v) is 1.70. The molecule has 22 heavy (non-hydrogen) atoms. The van der Waals surface area contributed by atoms with Crippen molar-refractivity contribution in [1.29, 1.82) is 0 Å². The second kappa shape index (κ2) is 6.86. The molecule has 1 aromatic carbocycles. The number of hydrogen-bond acceptors (Lipinski definition) is 4. The predicted molar refractivity (Wildman–Crippen MR) is 76.7 cm³/mol. The molecule has 0 spiro atoms. The van der Waals surface area contributed by atoms with Crippen molar-refractivity contribution in [3.63, 3.8) is 0 Å². The van der Waals surface area contributed by atoms with Crippen molar-refractivity contribution in [2.24, 2.45) is 0 Å². The van der Waals surface area contributed by atoms with Crippen LogP contribution in [0.1, 0.15) is 10.4 Å². The highest BCUT2D eigenvalue weighted by Crippen LogP contribution is 2.20. The third-order valence-electron chi connectivity index (χ3n) is 2.59. The summed E-state index contributed by atoms with van der Waals surface area (Å²) in [4.78, 5) is 26.5. The number of nitrogens with one attached hydrogen (secondary N) is 1. The van der Waals surface area contributed by atoms with Crippen LogP contribution >= 0.6 is 11.6 Å². The minimum atomic E-state index is -1.20.